The van der Waals surface area contributed by atoms with Crippen LogP contribution >= 0.6 is 15.9 Å². The Balaban J connectivity index is 2.10. The normalized spacial score (nSPS) is 20.9. The Morgan fingerprint density at radius 1 is 1.47 bits per heavy atom. The molecule has 1 aliphatic rings. The molecule has 1 aromatic carbocycles. The molecule has 0 saturated heterocycles. The summed E-state index contributed by atoms with van der Waals surface area (Å²) in [6, 6.07) is 4.71. The van der Waals surface area contributed by atoms with Crippen LogP contribution in [0.1, 0.15) is 24.8 Å². The summed E-state index contributed by atoms with van der Waals surface area (Å²) in [7, 11) is 0. The van der Waals surface area contributed by atoms with Crippen molar-refractivity contribution in [2.45, 2.75) is 25.7 Å². The largest absolute Gasteiger partial charge is 0.300 e. The van der Waals surface area contributed by atoms with Gasteiger partial charge in [0.25, 0.3) is 0 Å². The van der Waals surface area contributed by atoms with E-state index in [1.165, 1.54) is 6.07 Å². The van der Waals surface area contributed by atoms with E-state index < -0.39 is 0 Å². The zero-order chi connectivity index (χ0) is 10.8. The van der Waals surface area contributed by atoms with Crippen LogP contribution in [0.15, 0.2) is 22.7 Å². The third-order valence-corrected chi connectivity index (χ3v) is 3.64. The predicted octanol–water partition coefficient (Wildman–Crippen LogP) is 3.50. The summed E-state index contributed by atoms with van der Waals surface area (Å²) in [6.45, 7) is 0. The highest BCUT2D eigenvalue weighted by Crippen LogP contribution is 2.28. The quantitative estimate of drug-likeness (QED) is 0.804. The fraction of sp³-hybridized carbons (Fsp3) is 0.417. The first-order valence-corrected chi connectivity index (χ1v) is 5.90. The number of hydrogen-bond donors (Lipinski definition) is 0. The molecule has 1 saturated carbocycles. The van der Waals surface area contributed by atoms with Crippen LogP contribution in [0.5, 0.6) is 0 Å². The van der Waals surface area contributed by atoms with Gasteiger partial charge in [0.1, 0.15) is 11.6 Å². The minimum Gasteiger partial charge on any atom is -0.300 e. The Hall–Kier alpha value is -0.700. The minimum absolute atomic E-state index is 0.211. The molecule has 0 aromatic heterocycles. The molecule has 0 radical (unpaired) electrons. The Morgan fingerprint density at radius 2 is 2.27 bits per heavy atom. The maximum atomic E-state index is 13.0. The Labute approximate surface area is 96.8 Å². The number of rotatable bonds is 2. The van der Waals surface area contributed by atoms with Crippen LogP contribution in [-0.2, 0) is 11.2 Å². The van der Waals surface area contributed by atoms with Gasteiger partial charge in [-0.2, -0.15) is 0 Å². The monoisotopic (exact) mass is 270 g/mol. The summed E-state index contributed by atoms with van der Waals surface area (Å²) in [5, 5.41) is 0. The number of hydrogen-bond acceptors (Lipinski definition) is 1. The molecule has 1 fully saturated rings. The lowest BCUT2D eigenvalue weighted by Crippen LogP contribution is -2.01. The number of carbonyl (C=O) groups excluding carboxylic acids is 1. The van der Waals surface area contributed by atoms with Crippen LogP contribution in [0.2, 0.25) is 0 Å². The molecule has 1 aliphatic carbocycles. The summed E-state index contributed by atoms with van der Waals surface area (Å²) < 4.78 is 13.9. The maximum Gasteiger partial charge on any atom is 0.133 e. The molecule has 1 nitrogen and oxygen atoms in total. The lowest BCUT2D eigenvalue weighted by molar-refractivity contribution is -0.117. The fourth-order valence-corrected chi connectivity index (χ4v) is 2.48. The molecule has 2 rings (SSSR count). The number of benzene rings is 1. The zero-order valence-electron chi connectivity index (χ0n) is 8.30. The van der Waals surface area contributed by atoms with Gasteiger partial charge in [0.15, 0.2) is 0 Å². The third-order valence-electron chi connectivity index (χ3n) is 2.86. The molecular formula is C12H12BrFO. The molecule has 0 aliphatic heterocycles. The van der Waals surface area contributed by atoms with Gasteiger partial charge < -0.3 is 0 Å². The zero-order valence-corrected chi connectivity index (χ0v) is 9.89. The number of carbonyl (C=O) groups is 1. The van der Waals surface area contributed by atoms with Crippen molar-refractivity contribution < 1.29 is 9.18 Å². The van der Waals surface area contributed by atoms with Crippen LogP contribution in [0.3, 0.4) is 0 Å². The van der Waals surface area contributed by atoms with Crippen LogP contribution in [0, 0.1) is 11.7 Å². The average molecular weight is 271 g/mol. The van der Waals surface area contributed by atoms with Crippen molar-refractivity contribution >= 4 is 21.7 Å². The summed E-state index contributed by atoms with van der Waals surface area (Å²) in [5.41, 5.74) is 0.967. The van der Waals surface area contributed by atoms with Crippen molar-refractivity contribution in [1.82, 2.24) is 0 Å². The highest BCUT2D eigenvalue weighted by molar-refractivity contribution is 9.10. The van der Waals surface area contributed by atoms with E-state index in [9.17, 15) is 9.18 Å². The summed E-state index contributed by atoms with van der Waals surface area (Å²) in [5.74, 6) is 0.528. The number of Topliss-reactive ketones (excluding diaryl/α,β-unsaturated/α-hetero) is 1. The Bertz CT molecular complexity index is 389. The van der Waals surface area contributed by atoms with E-state index in [1.807, 2.05) is 0 Å². The third kappa shape index (κ3) is 2.65. The van der Waals surface area contributed by atoms with E-state index in [0.717, 1.165) is 22.9 Å². The van der Waals surface area contributed by atoms with Gasteiger partial charge in [-0.1, -0.05) is 15.9 Å². The van der Waals surface area contributed by atoms with Gasteiger partial charge in [-0.15, -0.1) is 0 Å². The van der Waals surface area contributed by atoms with E-state index >= 15 is 0 Å². The van der Waals surface area contributed by atoms with Crippen LogP contribution in [-0.4, -0.2) is 5.78 Å². The molecule has 80 valence electrons. The second-order valence-corrected chi connectivity index (χ2v) is 4.94. The predicted molar refractivity (Wildman–Crippen MR) is 60.2 cm³/mol. The van der Waals surface area contributed by atoms with Crippen LogP contribution in [0.25, 0.3) is 0 Å². The Kier molecular flexibility index (Phi) is 3.19. The maximum absolute atomic E-state index is 13.0. The minimum atomic E-state index is -0.211. The molecule has 1 unspecified atom stereocenters. The second kappa shape index (κ2) is 4.44. The van der Waals surface area contributed by atoms with E-state index in [-0.39, 0.29) is 5.82 Å². The summed E-state index contributed by atoms with van der Waals surface area (Å²) in [6.07, 6.45) is 3.09. The van der Waals surface area contributed by atoms with E-state index in [2.05, 4.69) is 15.9 Å². The van der Waals surface area contributed by atoms with Gasteiger partial charge in [-0.3, -0.25) is 4.79 Å². The van der Waals surface area contributed by atoms with Crippen molar-refractivity contribution in [3.05, 3.63) is 34.1 Å². The van der Waals surface area contributed by atoms with Gasteiger partial charge in [0.2, 0.25) is 0 Å². The topological polar surface area (TPSA) is 17.1 Å². The first-order chi connectivity index (χ1) is 7.15. The molecule has 0 heterocycles. The van der Waals surface area contributed by atoms with Crippen LogP contribution < -0.4 is 0 Å². The SMILES string of the molecule is O=C1CCC(Cc2cc(F)ccc2Br)C1. The highest BCUT2D eigenvalue weighted by Gasteiger charge is 2.22. The molecule has 1 atom stereocenters. The lowest BCUT2D eigenvalue weighted by Gasteiger charge is -2.09. The van der Waals surface area contributed by atoms with Gasteiger partial charge in [0, 0.05) is 17.3 Å². The average Bonchev–Trinajstić information content (AvgIpc) is 2.58. The first kappa shape index (κ1) is 10.8. The van der Waals surface area contributed by atoms with Gasteiger partial charge in [0.05, 0.1) is 0 Å². The molecule has 0 N–H and O–H groups in total. The van der Waals surface area contributed by atoms with Gasteiger partial charge >= 0.3 is 0 Å². The molecule has 3 heteroatoms. The van der Waals surface area contributed by atoms with Crippen molar-refractivity contribution in [2.24, 2.45) is 5.92 Å². The van der Waals surface area contributed by atoms with Crippen LogP contribution in [0.4, 0.5) is 4.39 Å². The van der Waals surface area contributed by atoms with E-state index in [1.54, 1.807) is 12.1 Å². The summed E-state index contributed by atoms with van der Waals surface area (Å²) >= 11 is 3.40. The second-order valence-electron chi connectivity index (χ2n) is 4.09. The lowest BCUT2D eigenvalue weighted by atomic mass is 9.98. The van der Waals surface area contributed by atoms with Crippen molar-refractivity contribution in [3.63, 3.8) is 0 Å². The fourth-order valence-electron chi connectivity index (χ4n) is 2.08. The van der Waals surface area contributed by atoms with E-state index in [0.29, 0.717) is 24.5 Å². The standard InChI is InChI=1S/C12H12BrFO/c13-12-4-2-10(14)7-9(12)5-8-1-3-11(15)6-8/h2,4,7-8H,1,3,5-6H2. The highest BCUT2D eigenvalue weighted by atomic mass is 79.9. The summed E-state index contributed by atoms with van der Waals surface area (Å²) in [4.78, 5) is 11.1. The van der Waals surface area contributed by atoms with Crippen molar-refractivity contribution in [3.8, 4) is 0 Å². The molecule has 0 bridgehead atoms. The first-order valence-electron chi connectivity index (χ1n) is 5.11. The van der Waals surface area contributed by atoms with Gasteiger partial charge in [-0.05, 0) is 42.5 Å². The number of ketones is 1. The molecule has 0 amide bonds. The van der Waals surface area contributed by atoms with Gasteiger partial charge in [-0.25, -0.2) is 4.39 Å². The molecular weight excluding hydrogens is 259 g/mol. The Morgan fingerprint density at radius 3 is 2.93 bits per heavy atom. The van der Waals surface area contributed by atoms with Crippen molar-refractivity contribution in [2.75, 3.05) is 0 Å². The van der Waals surface area contributed by atoms with E-state index in [4.69, 9.17) is 0 Å². The molecule has 1 aromatic rings. The van der Waals surface area contributed by atoms with Crippen molar-refractivity contribution in [1.29, 1.82) is 0 Å². The smallest absolute Gasteiger partial charge is 0.133 e. The number of halogens is 2. The molecule has 0 spiro atoms. The molecule has 15 heavy (non-hydrogen) atoms.